The van der Waals surface area contributed by atoms with Gasteiger partial charge in [0.1, 0.15) is 5.01 Å². The number of benzene rings is 1. The standard InChI is InChI=1S/C13H15ClN4OS2/c1-8-17-18-13(21-8)20-6-2-3-12(19)16-9-4-5-10(14)11(15)7-9/h4-5,7H,2-3,6,15H2,1H3,(H,16,19). The molecule has 0 saturated heterocycles. The third-order valence-corrected chi connectivity index (χ3v) is 4.96. The van der Waals surface area contributed by atoms with E-state index in [0.717, 1.165) is 21.5 Å². The number of aryl methyl sites for hydroxylation is 1. The highest BCUT2D eigenvalue weighted by Crippen LogP contribution is 2.24. The van der Waals surface area contributed by atoms with E-state index in [1.807, 2.05) is 6.92 Å². The molecule has 0 bridgehead atoms. The van der Waals surface area contributed by atoms with Crippen molar-refractivity contribution in [3.05, 3.63) is 28.2 Å². The van der Waals surface area contributed by atoms with Crippen LogP contribution in [0.2, 0.25) is 5.02 Å². The SMILES string of the molecule is Cc1nnc(SCCCC(=O)Nc2ccc(Cl)c(N)c2)s1. The molecule has 1 amide bonds. The second-order valence-corrected chi connectivity index (χ2v) is 7.25. The van der Waals surface area contributed by atoms with Crippen molar-refractivity contribution >= 4 is 52.0 Å². The largest absolute Gasteiger partial charge is 0.397 e. The third kappa shape index (κ3) is 5.18. The minimum atomic E-state index is -0.0363. The summed E-state index contributed by atoms with van der Waals surface area (Å²) in [6, 6.07) is 5.05. The summed E-state index contributed by atoms with van der Waals surface area (Å²) in [5, 5.41) is 12.2. The molecule has 0 aliphatic heterocycles. The maximum absolute atomic E-state index is 11.8. The normalized spacial score (nSPS) is 10.6. The Morgan fingerprint density at radius 3 is 2.95 bits per heavy atom. The lowest BCUT2D eigenvalue weighted by Gasteiger charge is -2.06. The van der Waals surface area contributed by atoms with E-state index in [-0.39, 0.29) is 5.91 Å². The number of rotatable bonds is 6. The Bertz CT molecular complexity index is 632. The molecule has 112 valence electrons. The van der Waals surface area contributed by atoms with Crippen molar-refractivity contribution in [2.24, 2.45) is 0 Å². The van der Waals surface area contributed by atoms with Crippen molar-refractivity contribution in [2.75, 3.05) is 16.8 Å². The number of amides is 1. The van der Waals surface area contributed by atoms with Crippen LogP contribution in [-0.2, 0) is 4.79 Å². The van der Waals surface area contributed by atoms with E-state index in [1.165, 1.54) is 0 Å². The summed E-state index contributed by atoms with van der Waals surface area (Å²) in [5.74, 6) is 0.802. The van der Waals surface area contributed by atoms with E-state index in [1.54, 1.807) is 41.3 Å². The number of nitrogens with zero attached hydrogens (tertiary/aromatic N) is 2. The van der Waals surface area contributed by atoms with E-state index in [4.69, 9.17) is 17.3 Å². The van der Waals surface area contributed by atoms with Gasteiger partial charge in [0.25, 0.3) is 0 Å². The molecule has 0 atom stereocenters. The summed E-state index contributed by atoms with van der Waals surface area (Å²) in [7, 11) is 0. The van der Waals surface area contributed by atoms with E-state index >= 15 is 0 Å². The molecule has 1 aromatic heterocycles. The second-order valence-electron chi connectivity index (χ2n) is 4.32. The van der Waals surface area contributed by atoms with Crippen LogP contribution in [0.3, 0.4) is 0 Å². The lowest BCUT2D eigenvalue weighted by atomic mass is 10.2. The zero-order valence-electron chi connectivity index (χ0n) is 11.4. The molecular weight excluding hydrogens is 328 g/mol. The third-order valence-electron chi connectivity index (χ3n) is 2.56. The van der Waals surface area contributed by atoms with E-state index in [2.05, 4.69) is 15.5 Å². The number of halogens is 1. The molecule has 21 heavy (non-hydrogen) atoms. The van der Waals surface area contributed by atoms with Gasteiger partial charge in [-0.25, -0.2) is 0 Å². The summed E-state index contributed by atoms with van der Waals surface area (Å²) in [6.45, 7) is 1.92. The number of nitrogen functional groups attached to an aromatic ring is 1. The molecule has 0 saturated carbocycles. The molecule has 0 unspecified atom stereocenters. The van der Waals surface area contributed by atoms with Crippen molar-refractivity contribution in [1.82, 2.24) is 10.2 Å². The lowest BCUT2D eigenvalue weighted by Crippen LogP contribution is -2.11. The fourth-order valence-corrected chi connectivity index (χ4v) is 3.52. The smallest absolute Gasteiger partial charge is 0.224 e. The highest BCUT2D eigenvalue weighted by atomic mass is 35.5. The van der Waals surface area contributed by atoms with Gasteiger partial charge in [-0.3, -0.25) is 4.79 Å². The van der Waals surface area contributed by atoms with Gasteiger partial charge in [0.05, 0.1) is 10.7 Å². The van der Waals surface area contributed by atoms with Crippen LogP contribution < -0.4 is 11.1 Å². The van der Waals surface area contributed by atoms with Crippen LogP contribution in [0.5, 0.6) is 0 Å². The zero-order chi connectivity index (χ0) is 15.2. The van der Waals surface area contributed by atoms with Crippen molar-refractivity contribution in [2.45, 2.75) is 24.1 Å². The molecule has 8 heteroatoms. The molecule has 0 fully saturated rings. The monoisotopic (exact) mass is 342 g/mol. The van der Waals surface area contributed by atoms with Crippen molar-refractivity contribution < 1.29 is 4.79 Å². The maximum Gasteiger partial charge on any atom is 0.224 e. The van der Waals surface area contributed by atoms with Crippen LogP contribution in [0.4, 0.5) is 11.4 Å². The summed E-state index contributed by atoms with van der Waals surface area (Å²) in [6.07, 6.45) is 1.23. The van der Waals surface area contributed by atoms with Crippen molar-refractivity contribution in [3.8, 4) is 0 Å². The number of nitrogens with two attached hydrogens (primary N) is 1. The minimum Gasteiger partial charge on any atom is -0.397 e. The molecule has 1 aromatic carbocycles. The Morgan fingerprint density at radius 1 is 1.48 bits per heavy atom. The van der Waals surface area contributed by atoms with Crippen LogP contribution >= 0.6 is 34.7 Å². The van der Waals surface area contributed by atoms with Gasteiger partial charge in [-0.05, 0) is 31.5 Å². The quantitative estimate of drug-likeness (QED) is 0.476. The Morgan fingerprint density at radius 2 is 2.29 bits per heavy atom. The van der Waals surface area contributed by atoms with Gasteiger partial charge in [-0.15, -0.1) is 10.2 Å². The number of aromatic nitrogens is 2. The zero-order valence-corrected chi connectivity index (χ0v) is 13.8. The lowest BCUT2D eigenvalue weighted by molar-refractivity contribution is -0.116. The van der Waals surface area contributed by atoms with Crippen molar-refractivity contribution in [1.29, 1.82) is 0 Å². The van der Waals surface area contributed by atoms with Crippen LogP contribution in [0, 0.1) is 6.92 Å². The van der Waals surface area contributed by atoms with Gasteiger partial charge >= 0.3 is 0 Å². The summed E-state index contributed by atoms with van der Waals surface area (Å²) in [4.78, 5) is 11.8. The van der Waals surface area contributed by atoms with Gasteiger partial charge in [-0.2, -0.15) is 0 Å². The summed E-state index contributed by atoms with van der Waals surface area (Å²) >= 11 is 9.02. The molecule has 2 aromatic rings. The van der Waals surface area contributed by atoms with Crippen LogP contribution in [0.25, 0.3) is 0 Å². The molecule has 0 aliphatic rings. The highest BCUT2D eigenvalue weighted by molar-refractivity contribution is 8.01. The Balaban J connectivity index is 1.71. The molecule has 5 nitrogen and oxygen atoms in total. The number of nitrogens with one attached hydrogen (secondary N) is 1. The minimum absolute atomic E-state index is 0.0363. The van der Waals surface area contributed by atoms with E-state index in [9.17, 15) is 4.79 Å². The van der Waals surface area contributed by atoms with E-state index < -0.39 is 0 Å². The Labute approximate surface area is 136 Å². The number of hydrogen-bond donors (Lipinski definition) is 2. The molecule has 0 radical (unpaired) electrons. The van der Waals surface area contributed by atoms with Gasteiger partial charge in [0.2, 0.25) is 5.91 Å². The number of hydrogen-bond acceptors (Lipinski definition) is 6. The van der Waals surface area contributed by atoms with Crippen LogP contribution in [0.15, 0.2) is 22.5 Å². The summed E-state index contributed by atoms with van der Waals surface area (Å²) in [5.41, 5.74) is 6.80. The first-order valence-corrected chi connectivity index (χ1v) is 8.50. The van der Waals surface area contributed by atoms with Gasteiger partial charge in [-0.1, -0.05) is 34.7 Å². The molecule has 2 rings (SSSR count). The highest BCUT2D eigenvalue weighted by Gasteiger charge is 2.05. The average molecular weight is 343 g/mol. The van der Waals surface area contributed by atoms with E-state index in [0.29, 0.717) is 22.8 Å². The number of thioether (sulfide) groups is 1. The first-order valence-electron chi connectivity index (χ1n) is 6.32. The first kappa shape index (κ1) is 16.1. The van der Waals surface area contributed by atoms with Crippen LogP contribution in [0.1, 0.15) is 17.8 Å². The average Bonchev–Trinajstić information content (AvgIpc) is 2.85. The first-order chi connectivity index (χ1) is 10.0. The van der Waals surface area contributed by atoms with Gasteiger partial charge in [0, 0.05) is 17.9 Å². The van der Waals surface area contributed by atoms with Gasteiger partial charge in [0.15, 0.2) is 4.34 Å². The Kier molecular flexibility index (Phi) is 5.84. The molecule has 1 heterocycles. The molecule has 3 N–H and O–H groups in total. The topological polar surface area (TPSA) is 80.9 Å². The van der Waals surface area contributed by atoms with Gasteiger partial charge < -0.3 is 11.1 Å². The molecule has 0 aliphatic carbocycles. The predicted octanol–water partition coefficient (Wildman–Crippen LogP) is 3.59. The fraction of sp³-hybridized carbons (Fsp3) is 0.308. The number of carbonyl (C=O) groups excluding carboxylic acids is 1. The van der Waals surface area contributed by atoms with Crippen molar-refractivity contribution in [3.63, 3.8) is 0 Å². The second kappa shape index (κ2) is 7.63. The number of anilines is 2. The number of carbonyl (C=O) groups is 1. The fourth-order valence-electron chi connectivity index (χ4n) is 1.57. The summed E-state index contributed by atoms with van der Waals surface area (Å²) < 4.78 is 0.943. The Hall–Kier alpha value is -1.31. The predicted molar refractivity (Wildman–Crippen MR) is 89.1 cm³/mol. The molecule has 0 spiro atoms. The molecular formula is C13H15ClN4OS2. The maximum atomic E-state index is 11.8. The van der Waals surface area contributed by atoms with Crippen LogP contribution in [-0.4, -0.2) is 21.9 Å².